The van der Waals surface area contributed by atoms with Gasteiger partial charge in [-0.3, -0.25) is 9.59 Å². The second-order valence-electron chi connectivity index (χ2n) is 11.1. The number of amides is 2. The molecule has 0 aliphatic carbocycles. The molecule has 1 heterocycles. The van der Waals surface area contributed by atoms with Crippen molar-refractivity contribution in [3.63, 3.8) is 0 Å². The molecule has 2 amide bonds. The number of aromatic hydroxyl groups is 2. The molecule has 1 aliphatic heterocycles. The van der Waals surface area contributed by atoms with Crippen molar-refractivity contribution >= 4 is 23.2 Å². The summed E-state index contributed by atoms with van der Waals surface area (Å²) in [6, 6.07) is 29.4. The molecule has 0 unspecified atom stereocenters. The number of hydrogen-bond donors (Lipinski definition) is 3. The molecule has 5 rings (SSSR count). The summed E-state index contributed by atoms with van der Waals surface area (Å²) in [4.78, 5) is 27.2. The third-order valence-electron chi connectivity index (χ3n) is 7.83. The Hall–Kier alpha value is -4.84. The molecular formula is C34H32N2O4. The molecule has 0 radical (unpaired) electrons. The minimum Gasteiger partial charge on any atom is -0.508 e. The minimum atomic E-state index is -0.413. The van der Waals surface area contributed by atoms with Gasteiger partial charge >= 0.3 is 0 Å². The van der Waals surface area contributed by atoms with E-state index in [1.54, 1.807) is 36.4 Å². The maximum absolute atomic E-state index is 13.2. The summed E-state index contributed by atoms with van der Waals surface area (Å²) in [5, 5.41) is 22.3. The van der Waals surface area contributed by atoms with Gasteiger partial charge in [0.05, 0.1) is 5.69 Å². The van der Waals surface area contributed by atoms with Crippen molar-refractivity contribution in [2.24, 2.45) is 0 Å². The van der Waals surface area contributed by atoms with E-state index in [1.165, 1.54) is 11.0 Å². The minimum absolute atomic E-state index is 0.212. The fourth-order valence-corrected chi connectivity index (χ4v) is 5.05. The molecule has 6 heteroatoms. The summed E-state index contributed by atoms with van der Waals surface area (Å²) < 4.78 is 0. The first kappa shape index (κ1) is 26.8. The summed E-state index contributed by atoms with van der Waals surface area (Å²) in [5.41, 5.74) is 4.99. The van der Waals surface area contributed by atoms with Gasteiger partial charge in [-0.1, -0.05) is 76.2 Å². The van der Waals surface area contributed by atoms with E-state index in [0.29, 0.717) is 11.4 Å². The number of benzene rings is 4. The zero-order valence-electron chi connectivity index (χ0n) is 23.0. The van der Waals surface area contributed by atoms with Gasteiger partial charge in [0.2, 0.25) is 0 Å². The van der Waals surface area contributed by atoms with Crippen molar-refractivity contribution in [2.75, 3.05) is 10.2 Å². The van der Waals surface area contributed by atoms with Crippen LogP contribution in [-0.4, -0.2) is 22.0 Å². The lowest BCUT2D eigenvalue weighted by molar-refractivity contribution is -0.120. The van der Waals surface area contributed by atoms with Crippen molar-refractivity contribution in [1.29, 1.82) is 0 Å². The van der Waals surface area contributed by atoms with E-state index >= 15 is 0 Å². The Morgan fingerprint density at radius 3 is 1.38 bits per heavy atom. The van der Waals surface area contributed by atoms with E-state index in [2.05, 4.69) is 33.0 Å². The fourth-order valence-electron chi connectivity index (χ4n) is 5.05. The van der Waals surface area contributed by atoms with E-state index in [4.69, 9.17) is 0 Å². The number of phenols is 2. The van der Waals surface area contributed by atoms with E-state index in [0.717, 1.165) is 22.3 Å². The highest BCUT2D eigenvalue weighted by atomic mass is 16.3. The van der Waals surface area contributed by atoms with Crippen LogP contribution in [0.2, 0.25) is 0 Å². The van der Waals surface area contributed by atoms with Crippen LogP contribution in [0, 0.1) is 0 Å². The highest BCUT2D eigenvalue weighted by molar-refractivity contribution is 6.31. The summed E-state index contributed by atoms with van der Waals surface area (Å²) in [7, 11) is 0. The van der Waals surface area contributed by atoms with E-state index < -0.39 is 11.8 Å². The van der Waals surface area contributed by atoms with Crippen LogP contribution in [-0.2, 0) is 20.4 Å². The van der Waals surface area contributed by atoms with Crippen LogP contribution in [0.5, 0.6) is 11.5 Å². The van der Waals surface area contributed by atoms with Gasteiger partial charge in [0.25, 0.3) is 11.8 Å². The molecule has 0 bridgehead atoms. The second kappa shape index (κ2) is 10.0. The lowest BCUT2D eigenvalue weighted by Crippen LogP contribution is -2.32. The number of nitrogens with one attached hydrogen (secondary N) is 1. The summed E-state index contributed by atoms with van der Waals surface area (Å²) >= 11 is 0. The number of imide groups is 1. The molecule has 4 aromatic carbocycles. The van der Waals surface area contributed by atoms with Gasteiger partial charge in [0.1, 0.15) is 17.2 Å². The van der Waals surface area contributed by atoms with Gasteiger partial charge in [0, 0.05) is 22.6 Å². The van der Waals surface area contributed by atoms with Gasteiger partial charge in [-0.05, 0) is 70.8 Å². The molecule has 1 aliphatic rings. The van der Waals surface area contributed by atoms with Crippen LogP contribution < -0.4 is 10.2 Å². The Bertz CT molecular complexity index is 1580. The lowest BCUT2D eigenvalue weighted by Gasteiger charge is -2.27. The number of phenolic OH excluding ortho intramolecular Hbond substituents is 2. The Morgan fingerprint density at radius 1 is 0.575 bits per heavy atom. The van der Waals surface area contributed by atoms with Crippen molar-refractivity contribution in [1.82, 2.24) is 0 Å². The van der Waals surface area contributed by atoms with Crippen molar-refractivity contribution in [2.45, 2.75) is 38.5 Å². The predicted octanol–water partition coefficient (Wildman–Crippen LogP) is 6.62. The van der Waals surface area contributed by atoms with Gasteiger partial charge in [-0.25, -0.2) is 4.90 Å². The zero-order chi connectivity index (χ0) is 28.7. The van der Waals surface area contributed by atoms with Crippen molar-refractivity contribution in [3.8, 4) is 11.5 Å². The third-order valence-corrected chi connectivity index (χ3v) is 7.83. The van der Waals surface area contributed by atoms with Gasteiger partial charge < -0.3 is 15.5 Å². The molecule has 0 saturated heterocycles. The normalized spacial score (nSPS) is 13.9. The van der Waals surface area contributed by atoms with Gasteiger partial charge in [0.15, 0.2) is 0 Å². The highest BCUT2D eigenvalue weighted by Crippen LogP contribution is 2.35. The molecular weight excluding hydrogens is 500 g/mol. The Kier molecular flexibility index (Phi) is 6.72. The Labute approximate surface area is 234 Å². The van der Waals surface area contributed by atoms with Crippen LogP contribution in [0.4, 0.5) is 11.4 Å². The number of rotatable bonds is 7. The molecule has 6 nitrogen and oxygen atoms in total. The topological polar surface area (TPSA) is 89.9 Å². The number of hydrogen-bond acceptors (Lipinski definition) is 5. The number of nitrogens with zero attached hydrogens (tertiary/aromatic N) is 1. The first-order valence-corrected chi connectivity index (χ1v) is 13.1. The number of carbonyl (C=O) groups excluding carboxylic acids is 2. The van der Waals surface area contributed by atoms with Gasteiger partial charge in [-0.15, -0.1) is 0 Å². The first-order valence-electron chi connectivity index (χ1n) is 13.1. The largest absolute Gasteiger partial charge is 0.508 e. The predicted molar refractivity (Wildman–Crippen MR) is 158 cm³/mol. The van der Waals surface area contributed by atoms with Crippen LogP contribution in [0.25, 0.3) is 0 Å². The van der Waals surface area contributed by atoms with E-state index in [-0.39, 0.29) is 28.0 Å². The number of carbonyl (C=O) groups is 2. The molecule has 0 atom stereocenters. The molecule has 4 aromatic rings. The van der Waals surface area contributed by atoms with E-state index in [9.17, 15) is 19.8 Å². The van der Waals surface area contributed by atoms with Crippen LogP contribution in [0.1, 0.15) is 49.9 Å². The van der Waals surface area contributed by atoms with E-state index in [1.807, 2.05) is 60.7 Å². The Morgan fingerprint density at radius 2 is 0.950 bits per heavy atom. The zero-order valence-corrected chi connectivity index (χ0v) is 23.0. The SMILES string of the molecule is CC(C)(c1ccc(O)cc1)c1ccc(NC2=CC(=O)N(c3ccc(C(C)(C)c4ccc(O)cc4)cc3)C2=O)cc1. The quantitative estimate of drug-likeness (QED) is 0.233. The smallest absolute Gasteiger partial charge is 0.281 e. The molecule has 0 fully saturated rings. The number of anilines is 2. The molecule has 0 spiro atoms. The summed E-state index contributed by atoms with van der Waals surface area (Å²) in [6.07, 6.45) is 1.32. The van der Waals surface area contributed by atoms with Crippen molar-refractivity contribution in [3.05, 3.63) is 131 Å². The monoisotopic (exact) mass is 532 g/mol. The maximum Gasteiger partial charge on any atom is 0.281 e. The van der Waals surface area contributed by atoms with Gasteiger partial charge in [-0.2, -0.15) is 0 Å². The molecule has 0 saturated carbocycles. The first-order chi connectivity index (χ1) is 19.0. The molecule has 202 valence electrons. The summed E-state index contributed by atoms with van der Waals surface area (Å²) in [6.45, 7) is 8.39. The average molecular weight is 533 g/mol. The standard InChI is InChI=1S/C34H32N2O4/c1-33(2,24-9-17-28(37)18-10-24)22-5-13-26(14-6-22)35-30-21-31(39)36(32(30)40)27-15-7-23(8-16-27)34(3,4)25-11-19-29(38)20-12-25/h5-21,35,37-38H,1-4H3. The Balaban J connectivity index is 1.29. The highest BCUT2D eigenvalue weighted by Gasteiger charge is 2.33. The van der Waals surface area contributed by atoms with Crippen LogP contribution in [0.15, 0.2) is 109 Å². The summed E-state index contributed by atoms with van der Waals surface area (Å²) in [5.74, 6) is -0.370. The van der Waals surface area contributed by atoms with Crippen LogP contribution in [0.3, 0.4) is 0 Å². The molecule has 40 heavy (non-hydrogen) atoms. The maximum atomic E-state index is 13.2. The fraction of sp³-hybridized carbons (Fsp3) is 0.176. The second-order valence-corrected chi connectivity index (χ2v) is 11.1. The average Bonchev–Trinajstić information content (AvgIpc) is 3.21. The van der Waals surface area contributed by atoms with Crippen molar-refractivity contribution < 1.29 is 19.8 Å². The lowest BCUT2D eigenvalue weighted by atomic mass is 9.78. The molecule has 0 aromatic heterocycles. The third kappa shape index (κ3) is 4.96. The molecule has 3 N–H and O–H groups in total. The van der Waals surface area contributed by atoms with Crippen LogP contribution >= 0.6 is 0 Å².